The molecular weight excluding hydrogens is 418 g/mol. The zero-order valence-electron chi connectivity index (χ0n) is 14.8. The SMILES string of the molecule is CCNC1CN(CCCSCCOC)S(=O)(=O)c2sc(S(N)(=O)=O)cc21. The molecule has 1 unspecified atom stereocenters. The van der Waals surface area contributed by atoms with E-state index in [1.807, 2.05) is 6.92 Å². The first-order chi connectivity index (χ1) is 12.2. The minimum Gasteiger partial charge on any atom is -0.384 e. The molecule has 3 N–H and O–H groups in total. The molecular formula is C14H25N3O5S4. The first kappa shape index (κ1) is 22.1. The summed E-state index contributed by atoms with van der Waals surface area (Å²) in [5.74, 6) is 1.71. The van der Waals surface area contributed by atoms with Gasteiger partial charge in [0.25, 0.3) is 10.0 Å². The van der Waals surface area contributed by atoms with Gasteiger partial charge in [0.1, 0.15) is 8.42 Å². The van der Waals surface area contributed by atoms with Crippen LogP contribution in [-0.2, 0) is 24.8 Å². The van der Waals surface area contributed by atoms with Gasteiger partial charge in [-0.2, -0.15) is 16.1 Å². The number of nitrogens with zero attached hydrogens (tertiary/aromatic N) is 1. The van der Waals surface area contributed by atoms with Gasteiger partial charge in [-0.05, 0) is 24.8 Å². The van der Waals surface area contributed by atoms with Crippen molar-refractivity contribution in [1.82, 2.24) is 9.62 Å². The van der Waals surface area contributed by atoms with Gasteiger partial charge in [-0.3, -0.25) is 0 Å². The van der Waals surface area contributed by atoms with Crippen LogP contribution in [-0.4, -0.2) is 66.0 Å². The molecule has 2 heterocycles. The fourth-order valence-electron chi connectivity index (χ4n) is 2.69. The highest BCUT2D eigenvalue weighted by Crippen LogP contribution is 2.39. The molecule has 0 aromatic carbocycles. The summed E-state index contributed by atoms with van der Waals surface area (Å²) in [5.41, 5.74) is 0.492. The molecule has 0 spiro atoms. The number of nitrogens with one attached hydrogen (secondary N) is 1. The minimum absolute atomic E-state index is 0.0748. The lowest BCUT2D eigenvalue weighted by molar-refractivity contribution is 0.218. The van der Waals surface area contributed by atoms with Crippen molar-refractivity contribution in [2.24, 2.45) is 5.14 Å². The van der Waals surface area contributed by atoms with Gasteiger partial charge in [-0.15, -0.1) is 11.3 Å². The van der Waals surface area contributed by atoms with Crippen LogP contribution in [0.1, 0.15) is 24.9 Å². The normalized spacial score (nSPS) is 20.2. The maximum atomic E-state index is 12.9. The minimum atomic E-state index is -3.94. The van der Waals surface area contributed by atoms with Crippen LogP contribution in [0.25, 0.3) is 0 Å². The van der Waals surface area contributed by atoms with Crippen molar-refractivity contribution < 1.29 is 21.6 Å². The first-order valence-corrected chi connectivity index (χ1v) is 13.1. The van der Waals surface area contributed by atoms with Gasteiger partial charge in [-0.1, -0.05) is 6.92 Å². The van der Waals surface area contributed by atoms with Crippen LogP contribution in [0.5, 0.6) is 0 Å². The van der Waals surface area contributed by atoms with Gasteiger partial charge in [0.15, 0.2) is 0 Å². The highest BCUT2D eigenvalue weighted by atomic mass is 32.3. The molecule has 1 aliphatic rings. The van der Waals surface area contributed by atoms with Crippen LogP contribution >= 0.6 is 23.1 Å². The second kappa shape index (κ2) is 9.32. The van der Waals surface area contributed by atoms with E-state index in [1.165, 1.54) is 10.4 Å². The number of hydrogen-bond donors (Lipinski definition) is 2. The lowest BCUT2D eigenvalue weighted by atomic mass is 10.1. The van der Waals surface area contributed by atoms with Crippen LogP contribution in [0.15, 0.2) is 14.5 Å². The van der Waals surface area contributed by atoms with E-state index in [4.69, 9.17) is 9.88 Å². The Bertz CT molecular complexity index is 807. The summed E-state index contributed by atoms with van der Waals surface area (Å²) in [6.45, 7) is 3.92. The maximum absolute atomic E-state index is 12.9. The van der Waals surface area contributed by atoms with Crippen molar-refractivity contribution in [1.29, 1.82) is 0 Å². The van der Waals surface area contributed by atoms with Crippen molar-refractivity contribution in [2.45, 2.75) is 27.8 Å². The summed E-state index contributed by atoms with van der Waals surface area (Å²) >= 11 is 2.44. The molecule has 0 amide bonds. The standard InChI is InChI=1S/C14H25N3O5S4/c1-3-16-12-10-17(5-4-7-23-8-6-22-2)26(20,21)14-11(12)9-13(24-14)25(15,18)19/h9,12,16H,3-8,10H2,1-2H3,(H2,15,18,19). The lowest BCUT2D eigenvalue weighted by Crippen LogP contribution is -2.43. The largest absolute Gasteiger partial charge is 0.384 e. The van der Waals surface area contributed by atoms with E-state index in [-0.39, 0.29) is 21.0 Å². The van der Waals surface area contributed by atoms with E-state index in [1.54, 1.807) is 18.9 Å². The Kier molecular flexibility index (Phi) is 7.92. The van der Waals surface area contributed by atoms with E-state index in [9.17, 15) is 16.8 Å². The summed E-state index contributed by atoms with van der Waals surface area (Å²) in [4.78, 5) is 0. The number of hydrogen-bond acceptors (Lipinski definition) is 8. The van der Waals surface area contributed by atoms with E-state index in [0.717, 1.165) is 29.3 Å². The van der Waals surface area contributed by atoms with Crippen molar-refractivity contribution in [3.63, 3.8) is 0 Å². The van der Waals surface area contributed by atoms with E-state index < -0.39 is 20.0 Å². The molecule has 1 aromatic rings. The predicted octanol–water partition coefficient (Wildman–Crippen LogP) is 0.820. The molecule has 1 aliphatic heterocycles. The number of primary sulfonamides is 1. The lowest BCUT2D eigenvalue weighted by Gasteiger charge is -2.32. The van der Waals surface area contributed by atoms with Crippen LogP contribution in [0.2, 0.25) is 0 Å². The Morgan fingerprint density at radius 3 is 2.81 bits per heavy atom. The fraction of sp³-hybridized carbons (Fsp3) is 0.714. The Hall–Kier alpha value is -0.210. The van der Waals surface area contributed by atoms with Crippen LogP contribution in [0.3, 0.4) is 0 Å². The molecule has 0 saturated heterocycles. The van der Waals surface area contributed by atoms with E-state index in [2.05, 4.69) is 5.32 Å². The third-order valence-corrected chi connectivity index (χ3v) is 9.89. The predicted molar refractivity (Wildman–Crippen MR) is 105 cm³/mol. The number of likely N-dealkylation sites (N-methyl/N-ethyl adjacent to an activating group) is 1. The summed E-state index contributed by atoms with van der Waals surface area (Å²) in [6.07, 6.45) is 0.717. The highest BCUT2D eigenvalue weighted by Gasteiger charge is 2.39. The molecule has 0 fully saturated rings. The van der Waals surface area contributed by atoms with Gasteiger partial charge in [0.2, 0.25) is 10.0 Å². The van der Waals surface area contributed by atoms with Crippen molar-refractivity contribution in [3.8, 4) is 0 Å². The van der Waals surface area contributed by atoms with Gasteiger partial charge < -0.3 is 10.1 Å². The van der Waals surface area contributed by atoms with Crippen LogP contribution < -0.4 is 10.5 Å². The van der Waals surface area contributed by atoms with Gasteiger partial charge >= 0.3 is 0 Å². The van der Waals surface area contributed by atoms with Gasteiger partial charge in [0.05, 0.1) is 6.61 Å². The number of methoxy groups -OCH3 is 1. The molecule has 0 aliphatic carbocycles. The molecule has 12 heteroatoms. The maximum Gasteiger partial charge on any atom is 0.252 e. The average molecular weight is 444 g/mol. The Balaban J connectivity index is 2.19. The molecule has 150 valence electrons. The molecule has 26 heavy (non-hydrogen) atoms. The second-order valence-corrected chi connectivity index (χ2v) is 12.0. The Morgan fingerprint density at radius 1 is 1.46 bits per heavy atom. The summed E-state index contributed by atoms with van der Waals surface area (Å²) in [7, 11) is -6.00. The van der Waals surface area contributed by atoms with Gasteiger partial charge in [-0.25, -0.2) is 22.0 Å². The van der Waals surface area contributed by atoms with E-state index >= 15 is 0 Å². The number of rotatable bonds is 10. The Morgan fingerprint density at radius 2 is 2.19 bits per heavy atom. The quantitative estimate of drug-likeness (QED) is 0.514. The number of fused-ring (bicyclic) bond motifs is 1. The number of sulfonamides is 2. The highest BCUT2D eigenvalue weighted by molar-refractivity contribution is 7.99. The van der Waals surface area contributed by atoms with Crippen molar-refractivity contribution in [3.05, 3.63) is 11.6 Å². The molecule has 8 nitrogen and oxygen atoms in total. The average Bonchev–Trinajstić information content (AvgIpc) is 3.02. The molecule has 0 saturated carbocycles. The molecule has 0 radical (unpaired) electrons. The smallest absolute Gasteiger partial charge is 0.252 e. The number of thiophene rings is 1. The molecule has 2 rings (SSSR count). The number of thioether (sulfide) groups is 1. The topological polar surface area (TPSA) is 119 Å². The van der Waals surface area contributed by atoms with Crippen LogP contribution in [0, 0.1) is 0 Å². The first-order valence-electron chi connectivity index (χ1n) is 8.18. The monoisotopic (exact) mass is 443 g/mol. The number of nitrogens with two attached hydrogens (primary N) is 1. The second-order valence-electron chi connectivity index (χ2n) is 5.79. The van der Waals surface area contributed by atoms with E-state index in [0.29, 0.717) is 25.3 Å². The van der Waals surface area contributed by atoms with Crippen molar-refractivity contribution >= 4 is 43.1 Å². The third kappa shape index (κ3) is 5.19. The molecule has 1 aromatic heterocycles. The fourth-order valence-corrected chi connectivity index (χ4v) is 7.82. The summed E-state index contributed by atoms with van der Waals surface area (Å²) < 4.78 is 55.5. The van der Waals surface area contributed by atoms with Crippen LogP contribution in [0.4, 0.5) is 0 Å². The zero-order chi connectivity index (χ0) is 19.4. The molecule has 0 bridgehead atoms. The Labute approximate surface area is 163 Å². The summed E-state index contributed by atoms with van der Waals surface area (Å²) in [6, 6.07) is 1.14. The molecule has 1 atom stereocenters. The number of ether oxygens (including phenoxy) is 1. The third-order valence-electron chi connectivity index (χ3n) is 3.90. The zero-order valence-corrected chi connectivity index (χ0v) is 18.1. The van der Waals surface area contributed by atoms with Crippen molar-refractivity contribution in [2.75, 3.05) is 44.9 Å². The summed E-state index contributed by atoms with van der Waals surface area (Å²) in [5, 5.41) is 8.43. The van der Waals surface area contributed by atoms with Gasteiger partial charge in [0, 0.05) is 37.6 Å².